The van der Waals surface area contributed by atoms with Crippen LogP contribution in [-0.2, 0) is 6.54 Å². The van der Waals surface area contributed by atoms with E-state index in [1.807, 2.05) is 12.1 Å². The average Bonchev–Trinajstić information content (AvgIpc) is 2.74. The van der Waals surface area contributed by atoms with E-state index >= 15 is 0 Å². The average molecular weight is 235 g/mol. The summed E-state index contributed by atoms with van der Waals surface area (Å²) >= 11 is 0. The monoisotopic (exact) mass is 235 g/mol. The summed E-state index contributed by atoms with van der Waals surface area (Å²) in [5, 5.41) is 8.89. The maximum absolute atomic E-state index is 8.89. The lowest BCUT2D eigenvalue weighted by atomic mass is 10.1. The number of hydrogen-bond acceptors (Lipinski definition) is 4. The third-order valence-electron chi connectivity index (χ3n) is 3.40. The van der Waals surface area contributed by atoms with Crippen LogP contribution in [0.1, 0.15) is 31.4 Å². The van der Waals surface area contributed by atoms with Gasteiger partial charge in [-0.05, 0) is 44.4 Å². The number of hydrogen-bond donors (Lipinski definition) is 2. The predicted molar refractivity (Wildman–Crippen MR) is 68.4 cm³/mol. The highest BCUT2D eigenvalue weighted by atomic mass is 16.2. The molecule has 1 aliphatic rings. The molecule has 4 nitrogen and oxygen atoms in total. The molecule has 1 aromatic heterocycles. The van der Waals surface area contributed by atoms with Gasteiger partial charge in [-0.3, -0.25) is 9.88 Å². The quantitative estimate of drug-likeness (QED) is 0.810. The summed E-state index contributed by atoms with van der Waals surface area (Å²) in [7, 11) is 0. The first-order chi connectivity index (χ1) is 8.29. The first-order valence-electron chi connectivity index (χ1n) is 6.35. The van der Waals surface area contributed by atoms with Crippen LogP contribution in [0.15, 0.2) is 18.3 Å². The number of anilines is 1. The van der Waals surface area contributed by atoms with Gasteiger partial charge in [0.05, 0.1) is 5.69 Å². The Morgan fingerprint density at radius 3 is 3.18 bits per heavy atom. The van der Waals surface area contributed by atoms with Crippen molar-refractivity contribution in [3.63, 3.8) is 0 Å². The highest BCUT2D eigenvalue weighted by Crippen LogP contribution is 2.23. The molecule has 1 aromatic rings. The molecule has 4 heteroatoms. The fraction of sp³-hybridized carbons (Fsp3) is 0.615. The SMILES string of the molecule is Nc1ccnc(CN2CCCC2CCCO)c1. The molecule has 2 rings (SSSR count). The highest BCUT2D eigenvalue weighted by Gasteiger charge is 2.24. The summed E-state index contributed by atoms with van der Waals surface area (Å²) in [5.41, 5.74) is 7.58. The minimum atomic E-state index is 0.293. The molecular formula is C13H21N3O. The molecule has 0 amide bonds. The number of aromatic nitrogens is 1. The van der Waals surface area contributed by atoms with E-state index in [-0.39, 0.29) is 0 Å². The second kappa shape index (κ2) is 5.98. The predicted octanol–water partition coefficient (Wildman–Crippen LogP) is 1.40. The number of aliphatic hydroxyl groups is 1. The van der Waals surface area contributed by atoms with Crippen LogP contribution in [-0.4, -0.2) is 34.2 Å². The van der Waals surface area contributed by atoms with E-state index in [9.17, 15) is 0 Å². The van der Waals surface area contributed by atoms with Crippen molar-refractivity contribution in [1.29, 1.82) is 0 Å². The van der Waals surface area contributed by atoms with Gasteiger partial charge in [-0.15, -0.1) is 0 Å². The summed E-state index contributed by atoms with van der Waals surface area (Å²) in [4.78, 5) is 6.80. The first kappa shape index (κ1) is 12.3. The Morgan fingerprint density at radius 2 is 2.41 bits per heavy atom. The molecule has 0 saturated carbocycles. The normalized spacial score (nSPS) is 20.9. The summed E-state index contributed by atoms with van der Waals surface area (Å²) < 4.78 is 0. The zero-order valence-corrected chi connectivity index (χ0v) is 10.2. The second-order valence-electron chi connectivity index (χ2n) is 4.71. The van der Waals surface area contributed by atoms with Crippen molar-refractivity contribution in [2.24, 2.45) is 0 Å². The lowest BCUT2D eigenvalue weighted by molar-refractivity contribution is 0.208. The summed E-state index contributed by atoms with van der Waals surface area (Å²) in [6, 6.07) is 4.36. The highest BCUT2D eigenvalue weighted by molar-refractivity contribution is 5.37. The van der Waals surface area contributed by atoms with Gasteiger partial charge >= 0.3 is 0 Å². The van der Waals surface area contributed by atoms with Crippen molar-refractivity contribution >= 4 is 5.69 Å². The zero-order chi connectivity index (χ0) is 12.1. The van der Waals surface area contributed by atoms with Gasteiger partial charge in [0.15, 0.2) is 0 Å². The Bertz CT molecular complexity index is 356. The molecule has 2 heterocycles. The van der Waals surface area contributed by atoms with Crippen LogP contribution < -0.4 is 5.73 Å². The second-order valence-corrected chi connectivity index (χ2v) is 4.71. The van der Waals surface area contributed by atoms with E-state index < -0.39 is 0 Å². The first-order valence-corrected chi connectivity index (χ1v) is 6.35. The summed E-state index contributed by atoms with van der Waals surface area (Å²) in [6.45, 7) is 2.30. The van der Waals surface area contributed by atoms with E-state index in [2.05, 4.69) is 9.88 Å². The summed E-state index contributed by atoms with van der Waals surface area (Å²) in [6.07, 6.45) is 6.23. The molecule has 1 saturated heterocycles. The van der Waals surface area contributed by atoms with E-state index in [1.54, 1.807) is 6.20 Å². The molecule has 17 heavy (non-hydrogen) atoms. The number of pyridine rings is 1. The number of aliphatic hydroxyl groups excluding tert-OH is 1. The topological polar surface area (TPSA) is 62.4 Å². The molecule has 1 atom stereocenters. The Hall–Kier alpha value is -1.13. The van der Waals surface area contributed by atoms with Crippen molar-refractivity contribution in [2.75, 3.05) is 18.9 Å². The molecule has 0 radical (unpaired) electrons. The number of likely N-dealkylation sites (tertiary alicyclic amines) is 1. The molecular weight excluding hydrogens is 214 g/mol. The Morgan fingerprint density at radius 1 is 1.53 bits per heavy atom. The minimum Gasteiger partial charge on any atom is -0.399 e. The standard InChI is InChI=1S/C13H21N3O/c14-11-5-6-15-12(9-11)10-16-7-1-3-13(16)4-2-8-17/h5-6,9,13,17H,1-4,7-8,10H2,(H2,14,15). The number of nitrogens with zero attached hydrogens (tertiary/aromatic N) is 2. The lowest BCUT2D eigenvalue weighted by Gasteiger charge is -2.23. The van der Waals surface area contributed by atoms with Gasteiger partial charge in [0.25, 0.3) is 0 Å². The van der Waals surface area contributed by atoms with Gasteiger partial charge in [0.2, 0.25) is 0 Å². The molecule has 0 aromatic carbocycles. The van der Waals surface area contributed by atoms with Gasteiger partial charge in [0.1, 0.15) is 0 Å². The smallest absolute Gasteiger partial charge is 0.0564 e. The Labute approximate surface area is 102 Å². The third-order valence-corrected chi connectivity index (χ3v) is 3.40. The van der Waals surface area contributed by atoms with Crippen LogP contribution in [0.2, 0.25) is 0 Å². The molecule has 1 aliphatic heterocycles. The fourth-order valence-corrected chi connectivity index (χ4v) is 2.55. The van der Waals surface area contributed by atoms with Crippen molar-refractivity contribution in [3.8, 4) is 0 Å². The van der Waals surface area contributed by atoms with Gasteiger partial charge in [-0.2, -0.15) is 0 Å². The molecule has 0 bridgehead atoms. The molecule has 1 unspecified atom stereocenters. The van der Waals surface area contributed by atoms with E-state index in [0.29, 0.717) is 12.6 Å². The molecule has 0 spiro atoms. The lowest BCUT2D eigenvalue weighted by Crippen LogP contribution is -2.29. The van der Waals surface area contributed by atoms with Crippen molar-refractivity contribution in [3.05, 3.63) is 24.0 Å². The Kier molecular flexibility index (Phi) is 4.34. The van der Waals surface area contributed by atoms with Crippen LogP contribution >= 0.6 is 0 Å². The maximum Gasteiger partial charge on any atom is 0.0564 e. The minimum absolute atomic E-state index is 0.293. The van der Waals surface area contributed by atoms with E-state index in [1.165, 1.54) is 12.8 Å². The molecule has 94 valence electrons. The summed E-state index contributed by atoms with van der Waals surface area (Å²) in [5.74, 6) is 0. The van der Waals surface area contributed by atoms with E-state index in [0.717, 1.165) is 37.3 Å². The van der Waals surface area contributed by atoms with Crippen LogP contribution in [0.3, 0.4) is 0 Å². The largest absolute Gasteiger partial charge is 0.399 e. The third kappa shape index (κ3) is 3.41. The van der Waals surface area contributed by atoms with Crippen LogP contribution in [0, 0.1) is 0 Å². The Balaban J connectivity index is 1.93. The van der Waals surface area contributed by atoms with Crippen molar-refractivity contribution < 1.29 is 5.11 Å². The molecule has 1 fully saturated rings. The van der Waals surface area contributed by atoms with Crippen LogP contribution in [0.4, 0.5) is 5.69 Å². The van der Waals surface area contributed by atoms with Crippen molar-refractivity contribution in [1.82, 2.24) is 9.88 Å². The van der Waals surface area contributed by atoms with E-state index in [4.69, 9.17) is 10.8 Å². The van der Waals surface area contributed by atoms with Crippen LogP contribution in [0.5, 0.6) is 0 Å². The number of rotatable bonds is 5. The van der Waals surface area contributed by atoms with Gasteiger partial charge in [-0.1, -0.05) is 0 Å². The van der Waals surface area contributed by atoms with Crippen LogP contribution in [0.25, 0.3) is 0 Å². The van der Waals surface area contributed by atoms with Crippen molar-refractivity contribution in [2.45, 2.75) is 38.3 Å². The number of nitrogen functional groups attached to an aromatic ring is 1. The number of nitrogens with two attached hydrogens (primary N) is 1. The maximum atomic E-state index is 8.89. The van der Waals surface area contributed by atoms with Gasteiger partial charge in [-0.25, -0.2) is 0 Å². The van der Waals surface area contributed by atoms with Gasteiger partial charge < -0.3 is 10.8 Å². The molecule has 0 aliphatic carbocycles. The molecule has 3 N–H and O–H groups in total. The fourth-order valence-electron chi connectivity index (χ4n) is 2.55. The zero-order valence-electron chi connectivity index (χ0n) is 10.2. The van der Waals surface area contributed by atoms with Gasteiger partial charge in [0, 0.05) is 31.1 Å².